The van der Waals surface area contributed by atoms with Crippen LogP contribution in [-0.2, 0) is 6.54 Å². The molecule has 2 aromatic rings. The van der Waals surface area contributed by atoms with Crippen LogP contribution < -0.4 is 10.1 Å². The number of hydrogen-bond acceptors (Lipinski definition) is 2. The number of hydrogen-bond donors (Lipinski definition) is 1. The Kier molecular flexibility index (Phi) is 5.08. The molecule has 0 aliphatic rings. The summed E-state index contributed by atoms with van der Waals surface area (Å²) in [6.07, 6.45) is 0. The van der Waals surface area contributed by atoms with E-state index in [0.717, 1.165) is 44.2 Å². The minimum atomic E-state index is 0.758. The van der Waals surface area contributed by atoms with Crippen LogP contribution in [0.15, 0.2) is 34.8 Å². The third-order valence-electron chi connectivity index (χ3n) is 3.03. The fourth-order valence-electron chi connectivity index (χ4n) is 2.05. The zero-order valence-corrected chi connectivity index (χ0v) is 14.1. The summed E-state index contributed by atoms with van der Waals surface area (Å²) in [6, 6.07) is 9.95. The van der Waals surface area contributed by atoms with Crippen molar-refractivity contribution < 1.29 is 4.74 Å². The highest BCUT2D eigenvalue weighted by molar-refractivity contribution is 9.10. The molecular weight excluding hydrogens is 338 g/mol. The van der Waals surface area contributed by atoms with E-state index in [1.165, 1.54) is 0 Å². The second kappa shape index (κ2) is 6.61. The Morgan fingerprint density at radius 1 is 1.15 bits per heavy atom. The summed E-state index contributed by atoms with van der Waals surface area (Å²) in [7, 11) is 1.92. The van der Waals surface area contributed by atoms with E-state index in [1.54, 1.807) is 0 Å². The van der Waals surface area contributed by atoms with Crippen LogP contribution in [0.4, 0.5) is 0 Å². The molecule has 4 heteroatoms. The Bertz CT molecular complexity index is 605. The molecule has 0 unspecified atom stereocenters. The highest BCUT2D eigenvalue weighted by Gasteiger charge is 2.08. The molecule has 0 saturated carbocycles. The van der Waals surface area contributed by atoms with Gasteiger partial charge in [-0.15, -0.1) is 0 Å². The summed E-state index contributed by atoms with van der Waals surface area (Å²) in [5.74, 6) is 1.65. The van der Waals surface area contributed by atoms with Crippen molar-refractivity contribution in [3.63, 3.8) is 0 Å². The number of ether oxygens (including phenoxy) is 1. The molecule has 0 spiro atoms. The van der Waals surface area contributed by atoms with E-state index in [9.17, 15) is 0 Å². The minimum Gasteiger partial charge on any atom is -0.457 e. The van der Waals surface area contributed by atoms with E-state index in [0.29, 0.717) is 0 Å². The highest BCUT2D eigenvalue weighted by Crippen LogP contribution is 2.32. The highest BCUT2D eigenvalue weighted by atomic mass is 79.9. The van der Waals surface area contributed by atoms with E-state index in [4.69, 9.17) is 16.3 Å². The molecule has 0 aliphatic carbocycles. The van der Waals surface area contributed by atoms with Crippen LogP contribution in [0.2, 0.25) is 5.02 Å². The first-order valence-electron chi connectivity index (χ1n) is 6.39. The lowest BCUT2D eigenvalue weighted by Crippen LogP contribution is -2.06. The molecule has 2 nitrogen and oxygen atoms in total. The Balaban J connectivity index is 2.36. The predicted molar refractivity (Wildman–Crippen MR) is 87.9 cm³/mol. The molecule has 0 saturated heterocycles. The van der Waals surface area contributed by atoms with Crippen molar-refractivity contribution in [1.82, 2.24) is 5.32 Å². The number of benzene rings is 2. The maximum Gasteiger partial charge on any atom is 0.133 e. The van der Waals surface area contributed by atoms with Crippen LogP contribution >= 0.6 is 27.5 Å². The van der Waals surface area contributed by atoms with Gasteiger partial charge in [-0.05, 0) is 56.3 Å². The van der Waals surface area contributed by atoms with Gasteiger partial charge in [0.05, 0.1) is 0 Å². The van der Waals surface area contributed by atoms with Crippen LogP contribution in [-0.4, -0.2) is 7.05 Å². The summed E-state index contributed by atoms with van der Waals surface area (Å²) in [5.41, 5.74) is 3.15. The lowest BCUT2D eigenvalue weighted by Gasteiger charge is -2.13. The van der Waals surface area contributed by atoms with Crippen LogP contribution in [0.1, 0.15) is 16.7 Å². The van der Waals surface area contributed by atoms with Gasteiger partial charge in [0.1, 0.15) is 11.5 Å². The van der Waals surface area contributed by atoms with Crippen molar-refractivity contribution in [3.05, 3.63) is 56.5 Å². The molecule has 106 valence electrons. The summed E-state index contributed by atoms with van der Waals surface area (Å²) >= 11 is 9.67. The van der Waals surface area contributed by atoms with Gasteiger partial charge in [0.25, 0.3) is 0 Å². The molecular formula is C16H17BrClNO. The molecule has 0 fully saturated rings. The summed E-state index contributed by atoms with van der Waals surface area (Å²) < 4.78 is 7.03. The Labute approximate surface area is 133 Å². The Hall–Kier alpha value is -1.03. The normalized spacial score (nSPS) is 10.7. The predicted octanol–water partition coefficient (Wildman–Crippen LogP) is 5.23. The molecule has 0 bridgehead atoms. The van der Waals surface area contributed by atoms with E-state index in [-0.39, 0.29) is 0 Å². The molecule has 0 aromatic heterocycles. The number of aryl methyl sites for hydroxylation is 2. The Morgan fingerprint density at radius 3 is 2.40 bits per heavy atom. The van der Waals surface area contributed by atoms with Gasteiger partial charge in [0.15, 0.2) is 0 Å². The van der Waals surface area contributed by atoms with Gasteiger partial charge in [0.2, 0.25) is 0 Å². The summed E-state index contributed by atoms with van der Waals surface area (Å²) in [6.45, 7) is 4.73. The van der Waals surface area contributed by atoms with Gasteiger partial charge >= 0.3 is 0 Å². The number of nitrogens with one attached hydrogen (secondary N) is 1. The van der Waals surface area contributed by atoms with Crippen LogP contribution in [0.25, 0.3) is 0 Å². The van der Waals surface area contributed by atoms with Gasteiger partial charge in [-0.3, -0.25) is 0 Å². The average Bonchev–Trinajstić information content (AvgIpc) is 2.39. The van der Waals surface area contributed by atoms with Crippen LogP contribution in [0.3, 0.4) is 0 Å². The zero-order valence-electron chi connectivity index (χ0n) is 11.8. The van der Waals surface area contributed by atoms with Crippen molar-refractivity contribution in [1.29, 1.82) is 0 Å². The maximum atomic E-state index is 6.19. The number of halogens is 2. The van der Waals surface area contributed by atoms with Gasteiger partial charge in [0, 0.05) is 21.6 Å². The minimum absolute atomic E-state index is 0.758. The molecule has 20 heavy (non-hydrogen) atoms. The lowest BCUT2D eigenvalue weighted by atomic mass is 10.1. The molecule has 0 radical (unpaired) electrons. The SMILES string of the molecule is CNCc1ccc(Br)cc1Oc1cc(C)c(Cl)c(C)c1. The van der Waals surface area contributed by atoms with E-state index >= 15 is 0 Å². The van der Waals surface area contributed by atoms with E-state index in [2.05, 4.69) is 21.2 Å². The average molecular weight is 355 g/mol. The molecule has 2 rings (SSSR count). The molecule has 2 aromatic carbocycles. The van der Waals surface area contributed by atoms with Crippen molar-refractivity contribution >= 4 is 27.5 Å². The molecule has 0 amide bonds. The van der Waals surface area contributed by atoms with Gasteiger partial charge in [-0.1, -0.05) is 33.6 Å². The zero-order chi connectivity index (χ0) is 14.7. The van der Waals surface area contributed by atoms with Crippen molar-refractivity contribution in [2.75, 3.05) is 7.05 Å². The topological polar surface area (TPSA) is 21.3 Å². The van der Waals surface area contributed by atoms with Gasteiger partial charge < -0.3 is 10.1 Å². The monoisotopic (exact) mass is 353 g/mol. The van der Waals surface area contributed by atoms with Crippen molar-refractivity contribution in [3.8, 4) is 11.5 Å². The second-order valence-corrected chi connectivity index (χ2v) is 6.05. The molecule has 0 heterocycles. The molecule has 1 N–H and O–H groups in total. The summed E-state index contributed by atoms with van der Waals surface area (Å²) in [4.78, 5) is 0. The maximum absolute atomic E-state index is 6.19. The molecule has 0 atom stereocenters. The van der Waals surface area contributed by atoms with Crippen molar-refractivity contribution in [2.45, 2.75) is 20.4 Å². The third kappa shape index (κ3) is 3.54. The smallest absolute Gasteiger partial charge is 0.133 e. The van der Waals surface area contributed by atoms with Crippen LogP contribution in [0, 0.1) is 13.8 Å². The fraction of sp³-hybridized carbons (Fsp3) is 0.250. The van der Waals surface area contributed by atoms with Crippen LogP contribution in [0.5, 0.6) is 11.5 Å². The number of rotatable bonds is 4. The first kappa shape index (κ1) is 15.4. The van der Waals surface area contributed by atoms with E-state index < -0.39 is 0 Å². The van der Waals surface area contributed by atoms with E-state index in [1.807, 2.05) is 51.2 Å². The lowest BCUT2D eigenvalue weighted by molar-refractivity contribution is 0.473. The Morgan fingerprint density at radius 2 is 1.80 bits per heavy atom. The van der Waals surface area contributed by atoms with Gasteiger partial charge in [-0.25, -0.2) is 0 Å². The quantitative estimate of drug-likeness (QED) is 0.811. The van der Waals surface area contributed by atoms with Crippen molar-refractivity contribution in [2.24, 2.45) is 0 Å². The first-order chi connectivity index (χ1) is 9.51. The standard InChI is InChI=1S/C16H17BrClNO/c1-10-6-14(7-11(2)16(10)18)20-15-8-13(17)5-4-12(15)9-19-3/h4-8,19H,9H2,1-3H3. The largest absolute Gasteiger partial charge is 0.457 e. The molecule has 0 aliphatic heterocycles. The second-order valence-electron chi connectivity index (χ2n) is 4.76. The summed E-state index contributed by atoms with van der Waals surface area (Å²) in [5, 5.41) is 3.94. The van der Waals surface area contributed by atoms with Gasteiger partial charge in [-0.2, -0.15) is 0 Å². The first-order valence-corrected chi connectivity index (χ1v) is 7.56. The fourth-order valence-corrected chi connectivity index (χ4v) is 2.50. The third-order valence-corrected chi connectivity index (χ3v) is 4.12.